The van der Waals surface area contributed by atoms with Crippen molar-refractivity contribution in [1.29, 1.82) is 0 Å². The molecule has 0 spiro atoms. The summed E-state index contributed by atoms with van der Waals surface area (Å²) in [5.74, 6) is -0.558. The van der Waals surface area contributed by atoms with Crippen molar-refractivity contribution in [2.45, 2.75) is 45.1 Å². The van der Waals surface area contributed by atoms with E-state index in [0.717, 1.165) is 36.1 Å². The number of hydrogen-bond acceptors (Lipinski definition) is 4. The fourth-order valence-corrected chi connectivity index (χ4v) is 5.59. The Bertz CT molecular complexity index is 1570. The lowest BCUT2D eigenvalue weighted by atomic mass is 10.0. The molecule has 9 heteroatoms. The van der Waals surface area contributed by atoms with Crippen LogP contribution in [-0.2, 0) is 6.42 Å². The molecule has 1 N–H and O–H groups in total. The predicted octanol–water partition coefficient (Wildman–Crippen LogP) is 7.22. The first kappa shape index (κ1) is 27.6. The third kappa shape index (κ3) is 5.96. The number of hydrogen-bond donors (Lipinski definition) is 1. The summed E-state index contributed by atoms with van der Waals surface area (Å²) < 4.78 is 1.47. The molecule has 0 bridgehead atoms. The van der Waals surface area contributed by atoms with E-state index in [1.54, 1.807) is 60.9 Å². The second kappa shape index (κ2) is 12.1. The fourth-order valence-electron chi connectivity index (χ4n) is 5.17. The quantitative estimate of drug-likeness (QED) is 0.263. The van der Waals surface area contributed by atoms with Crippen molar-refractivity contribution in [3.8, 4) is 0 Å². The smallest absolute Gasteiger partial charge is 0.258 e. The van der Waals surface area contributed by atoms with Crippen LogP contribution in [0.4, 0.5) is 11.4 Å². The first-order chi connectivity index (χ1) is 19.3. The van der Waals surface area contributed by atoms with Crippen LogP contribution in [0.2, 0.25) is 10.0 Å². The van der Waals surface area contributed by atoms with Crippen molar-refractivity contribution in [2.24, 2.45) is 0 Å². The minimum absolute atomic E-state index is 0.0692. The maximum Gasteiger partial charge on any atom is 0.258 e. The van der Waals surface area contributed by atoms with E-state index in [9.17, 15) is 14.4 Å². The van der Waals surface area contributed by atoms with E-state index < -0.39 is 0 Å². The van der Waals surface area contributed by atoms with Gasteiger partial charge in [-0.1, -0.05) is 35.3 Å². The van der Waals surface area contributed by atoms with Gasteiger partial charge in [-0.25, -0.2) is 4.98 Å². The van der Waals surface area contributed by atoms with Crippen LogP contribution in [-0.4, -0.2) is 33.3 Å². The maximum atomic E-state index is 14.2. The summed E-state index contributed by atoms with van der Waals surface area (Å²) in [7, 11) is 0. The third-order valence-electron chi connectivity index (χ3n) is 7.19. The molecule has 2 amide bonds. The number of rotatable bonds is 6. The van der Waals surface area contributed by atoms with Crippen molar-refractivity contribution in [3.63, 3.8) is 0 Å². The summed E-state index contributed by atoms with van der Waals surface area (Å²) in [6, 6.07) is 17.5. The highest BCUT2D eigenvalue weighted by Crippen LogP contribution is 2.35. The highest BCUT2D eigenvalue weighted by Gasteiger charge is 2.31. The van der Waals surface area contributed by atoms with Crippen LogP contribution >= 0.6 is 23.2 Å². The Morgan fingerprint density at radius 3 is 2.60 bits per heavy atom. The number of carbonyl (C=O) groups excluding carboxylic acids is 3. The lowest BCUT2D eigenvalue weighted by molar-refractivity contribution is 0.0886. The SMILES string of the molecule is Cc1cc(NC(=O)c2ccccc2Cl)ccc1C(=O)N1c2ccc(Cl)cc2CCCC1CCC(=O)n1ccnc1. The number of nitrogens with zero attached hydrogens (tertiary/aromatic N) is 3. The third-order valence-corrected chi connectivity index (χ3v) is 7.75. The zero-order valence-electron chi connectivity index (χ0n) is 21.9. The average Bonchev–Trinajstić information content (AvgIpc) is 3.41. The van der Waals surface area contributed by atoms with Gasteiger partial charge in [0, 0.05) is 46.8 Å². The van der Waals surface area contributed by atoms with Crippen LogP contribution < -0.4 is 10.2 Å². The van der Waals surface area contributed by atoms with E-state index in [2.05, 4.69) is 10.3 Å². The summed E-state index contributed by atoms with van der Waals surface area (Å²) in [5, 5.41) is 3.85. The van der Waals surface area contributed by atoms with Gasteiger partial charge >= 0.3 is 0 Å². The number of fused-ring (bicyclic) bond motifs is 1. The van der Waals surface area contributed by atoms with Crippen molar-refractivity contribution in [3.05, 3.63) is 112 Å². The number of amides is 2. The van der Waals surface area contributed by atoms with E-state index in [1.807, 2.05) is 24.0 Å². The molecule has 1 aromatic heterocycles. The standard InChI is InChI=1S/C31H28Cl2N4O3/c1-20-17-23(35-30(39)26-7-2-3-8-27(26)33)10-12-25(20)31(40)37-24(11-14-29(38)36-16-15-34-19-36)6-4-5-21-18-22(32)9-13-28(21)37/h2-3,7-10,12-13,15-19,24H,4-6,11,14H2,1H3,(H,35,39). The van der Waals surface area contributed by atoms with E-state index in [-0.39, 0.29) is 30.2 Å². The number of benzene rings is 3. The summed E-state index contributed by atoms with van der Waals surface area (Å²) in [6.07, 6.45) is 7.89. The van der Waals surface area contributed by atoms with E-state index in [4.69, 9.17) is 23.2 Å². The lowest BCUT2D eigenvalue weighted by Gasteiger charge is -2.32. The zero-order valence-corrected chi connectivity index (χ0v) is 23.5. The summed E-state index contributed by atoms with van der Waals surface area (Å²) in [4.78, 5) is 45.5. The summed E-state index contributed by atoms with van der Waals surface area (Å²) in [6.45, 7) is 1.84. The lowest BCUT2D eigenvalue weighted by Crippen LogP contribution is -2.41. The molecule has 1 aliphatic rings. The minimum atomic E-state index is -0.329. The Kier molecular flexibility index (Phi) is 8.33. The van der Waals surface area contributed by atoms with Gasteiger partial charge in [0.05, 0.1) is 10.6 Å². The summed E-state index contributed by atoms with van der Waals surface area (Å²) in [5.41, 5.74) is 3.98. The number of imidazole rings is 1. The van der Waals surface area contributed by atoms with Crippen LogP contribution in [0, 0.1) is 6.92 Å². The molecule has 1 aliphatic heterocycles. The molecule has 7 nitrogen and oxygen atoms in total. The molecule has 0 saturated carbocycles. The molecular formula is C31H28Cl2N4O3. The fraction of sp³-hybridized carbons (Fsp3) is 0.226. The topological polar surface area (TPSA) is 84.3 Å². The first-order valence-corrected chi connectivity index (χ1v) is 13.9. The Balaban J connectivity index is 1.42. The molecule has 5 rings (SSSR count). The minimum Gasteiger partial charge on any atom is -0.322 e. The molecule has 2 heterocycles. The van der Waals surface area contributed by atoms with Gasteiger partial charge in [-0.2, -0.15) is 0 Å². The highest BCUT2D eigenvalue weighted by molar-refractivity contribution is 6.34. The van der Waals surface area contributed by atoms with Gasteiger partial charge in [-0.15, -0.1) is 0 Å². The zero-order chi connectivity index (χ0) is 28.2. The Morgan fingerprint density at radius 1 is 1.02 bits per heavy atom. The van der Waals surface area contributed by atoms with Gasteiger partial charge in [0.25, 0.3) is 11.8 Å². The number of halogens is 2. The normalized spacial score (nSPS) is 14.8. The van der Waals surface area contributed by atoms with E-state index in [0.29, 0.717) is 33.3 Å². The van der Waals surface area contributed by atoms with Gasteiger partial charge < -0.3 is 10.2 Å². The molecule has 204 valence electrons. The molecule has 0 fully saturated rings. The number of aryl methyl sites for hydroxylation is 2. The van der Waals surface area contributed by atoms with Gasteiger partial charge in [-0.05, 0) is 92.3 Å². The largest absolute Gasteiger partial charge is 0.322 e. The van der Waals surface area contributed by atoms with Crippen LogP contribution in [0.25, 0.3) is 0 Å². The van der Waals surface area contributed by atoms with Crippen molar-refractivity contribution < 1.29 is 14.4 Å². The molecule has 4 aromatic rings. The number of carbonyl (C=O) groups is 3. The highest BCUT2D eigenvalue weighted by atomic mass is 35.5. The van der Waals surface area contributed by atoms with Crippen molar-refractivity contribution in [1.82, 2.24) is 9.55 Å². The number of nitrogens with one attached hydrogen (secondary N) is 1. The maximum absolute atomic E-state index is 14.2. The van der Waals surface area contributed by atoms with Gasteiger partial charge in [0.1, 0.15) is 6.33 Å². The second-order valence-corrected chi connectivity index (χ2v) is 10.7. The van der Waals surface area contributed by atoms with Crippen LogP contribution in [0.1, 0.15) is 62.3 Å². The van der Waals surface area contributed by atoms with Gasteiger partial charge in [0.2, 0.25) is 5.91 Å². The van der Waals surface area contributed by atoms with E-state index >= 15 is 0 Å². The summed E-state index contributed by atoms with van der Waals surface area (Å²) >= 11 is 12.5. The Morgan fingerprint density at radius 2 is 1.85 bits per heavy atom. The Hall–Kier alpha value is -3.94. The van der Waals surface area contributed by atoms with Crippen molar-refractivity contribution in [2.75, 3.05) is 10.2 Å². The van der Waals surface area contributed by atoms with Crippen LogP contribution in [0.15, 0.2) is 79.4 Å². The van der Waals surface area contributed by atoms with Crippen LogP contribution in [0.5, 0.6) is 0 Å². The molecular weight excluding hydrogens is 547 g/mol. The van der Waals surface area contributed by atoms with Crippen LogP contribution in [0.3, 0.4) is 0 Å². The van der Waals surface area contributed by atoms with Gasteiger partial charge in [-0.3, -0.25) is 19.0 Å². The van der Waals surface area contributed by atoms with Crippen molar-refractivity contribution >= 4 is 52.3 Å². The first-order valence-electron chi connectivity index (χ1n) is 13.1. The number of anilines is 2. The molecule has 0 aliphatic carbocycles. The Labute approximate surface area is 242 Å². The number of aromatic nitrogens is 2. The van der Waals surface area contributed by atoms with Gasteiger partial charge in [0.15, 0.2) is 0 Å². The molecule has 1 atom stereocenters. The monoisotopic (exact) mass is 574 g/mol. The molecule has 3 aromatic carbocycles. The molecule has 0 saturated heterocycles. The average molecular weight is 575 g/mol. The predicted molar refractivity (Wildman–Crippen MR) is 158 cm³/mol. The molecule has 40 heavy (non-hydrogen) atoms. The van der Waals surface area contributed by atoms with E-state index in [1.165, 1.54) is 10.9 Å². The second-order valence-electron chi connectivity index (χ2n) is 9.86. The molecule has 0 radical (unpaired) electrons. The molecule has 1 unspecified atom stereocenters.